The highest BCUT2D eigenvalue weighted by atomic mass is 14.5. The Labute approximate surface area is 165 Å². The molecule has 0 aromatic rings. The van der Waals surface area contributed by atoms with E-state index in [0.29, 0.717) is 0 Å². The zero-order valence-corrected chi connectivity index (χ0v) is 18.5. The van der Waals surface area contributed by atoms with Crippen LogP contribution in [0.3, 0.4) is 0 Å². The first-order valence-electron chi connectivity index (χ1n) is 12.7. The summed E-state index contributed by atoms with van der Waals surface area (Å²) in [5.41, 5.74) is 0. The van der Waals surface area contributed by atoms with Crippen LogP contribution in [0.4, 0.5) is 0 Å². The Bertz CT molecular complexity index is 329. The summed E-state index contributed by atoms with van der Waals surface area (Å²) in [5.74, 6) is 9.60. The van der Waals surface area contributed by atoms with Gasteiger partial charge in [0, 0.05) is 0 Å². The fourth-order valence-electron chi connectivity index (χ4n) is 8.04. The zero-order valence-electron chi connectivity index (χ0n) is 18.5. The zero-order chi connectivity index (χ0) is 18.5. The molecular formula is C26H48. The summed E-state index contributed by atoms with van der Waals surface area (Å²) < 4.78 is 0. The van der Waals surface area contributed by atoms with Gasteiger partial charge in [-0.1, -0.05) is 53.4 Å². The van der Waals surface area contributed by atoms with Crippen molar-refractivity contribution in [2.24, 2.45) is 47.3 Å². The molecule has 0 heteroatoms. The number of hydrogen-bond acceptors (Lipinski definition) is 0. The van der Waals surface area contributed by atoms with Crippen LogP contribution < -0.4 is 0 Å². The number of fused-ring (bicyclic) bond motifs is 10. The summed E-state index contributed by atoms with van der Waals surface area (Å²) in [4.78, 5) is 0. The van der Waals surface area contributed by atoms with E-state index in [-0.39, 0.29) is 0 Å². The van der Waals surface area contributed by atoms with Crippen molar-refractivity contribution in [1.29, 1.82) is 0 Å². The van der Waals surface area contributed by atoms with E-state index in [4.69, 9.17) is 0 Å². The van der Waals surface area contributed by atoms with Crippen molar-refractivity contribution in [3.05, 3.63) is 0 Å². The fraction of sp³-hybridized carbons (Fsp3) is 1.00. The number of hydrogen-bond donors (Lipinski definition) is 0. The summed E-state index contributed by atoms with van der Waals surface area (Å²) in [6.45, 7) is 8.50. The van der Waals surface area contributed by atoms with E-state index < -0.39 is 0 Å². The molecule has 4 bridgehead atoms. The predicted octanol–water partition coefficient (Wildman–Crippen LogP) is 8.50. The third-order valence-corrected chi connectivity index (χ3v) is 8.70. The Kier molecular flexibility index (Phi) is 7.95. The van der Waals surface area contributed by atoms with E-state index in [1.165, 1.54) is 60.2 Å². The third kappa shape index (κ3) is 4.35. The highest BCUT2D eigenvalue weighted by molar-refractivity contribution is 4.99. The highest BCUT2D eigenvalue weighted by Gasteiger charge is 2.49. The minimum absolute atomic E-state index is 1.19. The molecule has 8 atom stereocenters. The van der Waals surface area contributed by atoms with Gasteiger partial charge < -0.3 is 0 Å². The fourth-order valence-corrected chi connectivity index (χ4v) is 8.04. The second kappa shape index (κ2) is 9.97. The maximum Gasteiger partial charge on any atom is -0.0355 e. The minimum atomic E-state index is 1.19. The molecule has 0 amide bonds. The van der Waals surface area contributed by atoms with Crippen LogP contribution >= 0.6 is 0 Å². The van der Waals surface area contributed by atoms with Crippen LogP contribution in [-0.2, 0) is 0 Å². The maximum absolute atomic E-state index is 2.12. The van der Waals surface area contributed by atoms with Crippen molar-refractivity contribution >= 4 is 0 Å². The molecule has 0 N–H and O–H groups in total. The van der Waals surface area contributed by atoms with Gasteiger partial charge >= 0.3 is 0 Å². The van der Waals surface area contributed by atoms with Gasteiger partial charge in [0.2, 0.25) is 0 Å². The molecule has 0 saturated heterocycles. The first kappa shape index (κ1) is 20.7. The van der Waals surface area contributed by atoms with E-state index in [1.807, 2.05) is 0 Å². The third-order valence-electron chi connectivity index (χ3n) is 8.70. The van der Waals surface area contributed by atoms with Crippen molar-refractivity contribution in [2.45, 2.75) is 118 Å². The van der Waals surface area contributed by atoms with Gasteiger partial charge in [0.1, 0.15) is 0 Å². The molecule has 0 aromatic carbocycles. The molecule has 0 radical (unpaired) electrons. The van der Waals surface area contributed by atoms with Gasteiger partial charge in [-0.2, -0.15) is 0 Å². The summed E-state index contributed by atoms with van der Waals surface area (Å²) in [6, 6.07) is 0. The molecule has 6 aliphatic rings. The van der Waals surface area contributed by atoms with Gasteiger partial charge in [0.05, 0.1) is 0 Å². The average Bonchev–Trinajstić information content (AvgIpc) is 3.48. The highest BCUT2D eigenvalue weighted by Crippen LogP contribution is 2.59. The number of rotatable bonds is 0. The lowest BCUT2D eigenvalue weighted by Crippen LogP contribution is -2.15. The van der Waals surface area contributed by atoms with Crippen LogP contribution in [0, 0.1) is 47.3 Å². The molecule has 26 heavy (non-hydrogen) atoms. The molecule has 6 fully saturated rings. The van der Waals surface area contributed by atoms with Gasteiger partial charge in [-0.05, 0) is 112 Å². The standard InChI is InChI=1S/2C10H16.2C3H8/c2*1-2-9-7-4-5-8(6-7)10(9)3-1;2*1-3-2/h2*7-10H,1-6H2;2*3H2,1-2H3. The molecule has 0 aliphatic heterocycles. The van der Waals surface area contributed by atoms with E-state index in [1.54, 1.807) is 77.0 Å². The van der Waals surface area contributed by atoms with Crippen LogP contribution in [-0.4, -0.2) is 0 Å². The first-order chi connectivity index (χ1) is 12.7. The Morgan fingerprint density at radius 1 is 0.423 bits per heavy atom. The van der Waals surface area contributed by atoms with Gasteiger partial charge in [0.25, 0.3) is 0 Å². The lowest BCUT2D eigenvalue weighted by molar-refractivity contribution is 0.259. The molecule has 0 aromatic heterocycles. The summed E-state index contributed by atoms with van der Waals surface area (Å²) >= 11 is 0. The normalized spacial score (nSPS) is 45.7. The quantitative estimate of drug-likeness (QED) is 0.406. The van der Waals surface area contributed by atoms with E-state index >= 15 is 0 Å². The SMILES string of the molecule is C1CC2C3CCC(C3)C2C1.C1CC2C3CCC(C3)C2C1.CCC.CCC. The maximum atomic E-state index is 2.12. The molecule has 0 heterocycles. The molecule has 6 saturated carbocycles. The van der Waals surface area contributed by atoms with Crippen LogP contribution in [0.1, 0.15) is 118 Å². The van der Waals surface area contributed by atoms with Crippen molar-refractivity contribution in [1.82, 2.24) is 0 Å². The second-order valence-electron chi connectivity index (χ2n) is 10.6. The smallest absolute Gasteiger partial charge is 0.0355 e. The Hall–Kier alpha value is 0. The van der Waals surface area contributed by atoms with Crippen LogP contribution in [0.2, 0.25) is 0 Å². The molecule has 6 aliphatic carbocycles. The monoisotopic (exact) mass is 360 g/mol. The van der Waals surface area contributed by atoms with E-state index in [2.05, 4.69) is 27.7 Å². The Balaban J connectivity index is 0.000000117. The largest absolute Gasteiger partial charge is 0.0656 e. The van der Waals surface area contributed by atoms with Crippen molar-refractivity contribution in [3.8, 4) is 0 Å². The van der Waals surface area contributed by atoms with Crippen LogP contribution in [0.25, 0.3) is 0 Å². The van der Waals surface area contributed by atoms with Crippen LogP contribution in [0.5, 0.6) is 0 Å². The van der Waals surface area contributed by atoms with E-state index in [9.17, 15) is 0 Å². The minimum Gasteiger partial charge on any atom is -0.0656 e. The van der Waals surface area contributed by atoms with Gasteiger partial charge in [-0.15, -0.1) is 0 Å². The summed E-state index contributed by atoms with van der Waals surface area (Å²) in [6.07, 6.45) is 21.6. The van der Waals surface area contributed by atoms with Gasteiger partial charge in [-0.3, -0.25) is 0 Å². The van der Waals surface area contributed by atoms with Crippen molar-refractivity contribution in [2.75, 3.05) is 0 Å². The predicted molar refractivity (Wildman–Crippen MR) is 115 cm³/mol. The van der Waals surface area contributed by atoms with Gasteiger partial charge in [-0.25, -0.2) is 0 Å². The lowest BCUT2D eigenvalue weighted by Gasteiger charge is -2.23. The molecule has 8 unspecified atom stereocenters. The summed E-state index contributed by atoms with van der Waals surface area (Å²) in [5, 5.41) is 0. The average molecular weight is 361 g/mol. The molecule has 0 spiro atoms. The molecule has 152 valence electrons. The molecule has 0 nitrogen and oxygen atoms in total. The molecular weight excluding hydrogens is 312 g/mol. The second-order valence-corrected chi connectivity index (χ2v) is 10.6. The Morgan fingerprint density at radius 3 is 0.885 bits per heavy atom. The van der Waals surface area contributed by atoms with Gasteiger partial charge in [0.15, 0.2) is 0 Å². The molecule has 6 rings (SSSR count). The Morgan fingerprint density at radius 2 is 0.654 bits per heavy atom. The topological polar surface area (TPSA) is 0 Å². The van der Waals surface area contributed by atoms with E-state index in [0.717, 1.165) is 0 Å². The summed E-state index contributed by atoms with van der Waals surface area (Å²) in [7, 11) is 0. The first-order valence-corrected chi connectivity index (χ1v) is 12.7. The lowest BCUT2D eigenvalue weighted by atomic mass is 9.82. The van der Waals surface area contributed by atoms with Crippen molar-refractivity contribution in [3.63, 3.8) is 0 Å². The van der Waals surface area contributed by atoms with Crippen LogP contribution in [0.15, 0.2) is 0 Å². The van der Waals surface area contributed by atoms with Crippen molar-refractivity contribution < 1.29 is 0 Å².